The topological polar surface area (TPSA) is 49.9 Å². The first-order valence-electron chi connectivity index (χ1n) is 9.38. The van der Waals surface area contributed by atoms with Crippen molar-refractivity contribution in [1.29, 1.82) is 0 Å². The number of benzene rings is 1. The maximum atomic E-state index is 12.8. The van der Waals surface area contributed by atoms with Crippen molar-refractivity contribution in [1.82, 2.24) is 9.80 Å². The van der Waals surface area contributed by atoms with Gasteiger partial charge >= 0.3 is 0 Å². The van der Waals surface area contributed by atoms with Crippen LogP contribution >= 0.6 is 0 Å². The molecule has 3 atom stereocenters. The standard InChI is InChI=1S/C20H26N2O3/c1-25-17-4-2-3-16(13-17)19(23)21-7-9-22(10-8-21)20(24)18-12-14-5-6-15(18)11-14/h2-4,13-15,18H,5-12H2,1H3. The van der Waals surface area contributed by atoms with Crippen LogP contribution in [-0.4, -0.2) is 54.9 Å². The van der Waals surface area contributed by atoms with Crippen molar-refractivity contribution >= 4 is 11.8 Å². The lowest BCUT2D eigenvalue weighted by molar-refractivity contribution is -0.138. The number of nitrogens with zero attached hydrogens (tertiary/aromatic N) is 2. The van der Waals surface area contributed by atoms with Crippen LogP contribution in [0.15, 0.2) is 24.3 Å². The number of hydrogen-bond acceptors (Lipinski definition) is 3. The van der Waals surface area contributed by atoms with E-state index < -0.39 is 0 Å². The smallest absolute Gasteiger partial charge is 0.254 e. The third-order valence-corrected chi connectivity index (χ3v) is 6.25. The molecule has 134 valence electrons. The summed E-state index contributed by atoms with van der Waals surface area (Å²) in [5, 5.41) is 0. The zero-order valence-electron chi connectivity index (χ0n) is 14.8. The largest absolute Gasteiger partial charge is 0.497 e. The highest BCUT2D eigenvalue weighted by molar-refractivity contribution is 5.94. The third kappa shape index (κ3) is 3.12. The van der Waals surface area contributed by atoms with Crippen LogP contribution in [-0.2, 0) is 4.79 Å². The van der Waals surface area contributed by atoms with E-state index in [0.717, 1.165) is 12.3 Å². The predicted molar refractivity (Wildman–Crippen MR) is 94.4 cm³/mol. The van der Waals surface area contributed by atoms with Crippen molar-refractivity contribution in [3.8, 4) is 5.75 Å². The lowest BCUT2D eigenvalue weighted by Gasteiger charge is -2.37. The molecule has 3 fully saturated rings. The molecule has 2 bridgehead atoms. The maximum absolute atomic E-state index is 12.8. The first kappa shape index (κ1) is 16.4. The van der Waals surface area contributed by atoms with Gasteiger partial charge in [0.05, 0.1) is 7.11 Å². The van der Waals surface area contributed by atoms with Gasteiger partial charge in [-0.05, 0) is 49.3 Å². The number of fused-ring (bicyclic) bond motifs is 2. The Morgan fingerprint density at radius 3 is 2.44 bits per heavy atom. The Hall–Kier alpha value is -2.04. The second kappa shape index (κ2) is 6.70. The average Bonchev–Trinajstić information content (AvgIpc) is 3.30. The van der Waals surface area contributed by atoms with E-state index in [9.17, 15) is 9.59 Å². The lowest BCUT2D eigenvalue weighted by atomic mass is 9.87. The van der Waals surface area contributed by atoms with E-state index in [1.165, 1.54) is 19.3 Å². The Balaban J connectivity index is 1.35. The summed E-state index contributed by atoms with van der Waals surface area (Å²) >= 11 is 0. The van der Waals surface area contributed by atoms with E-state index in [1.807, 2.05) is 28.0 Å². The second-order valence-corrected chi connectivity index (χ2v) is 7.63. The van der Waals surface area contributed by atoms with E-state index >= 15 is 0 Å². The molecule has 3 unspecified atom stereocenters. The highest BCUT2D eigenvalue weighted by Crippen LogP contribution is 2.48. The molecule has 0 radical (unpaired) electrons. The van der Waals surface area contributed by atoms with Crippen molar-refractivity contribution in [3.63, 3.8) is 0 Å². The Kier molecular flexibility index (Phi) is 4.40. The van der Waals surface area contributed by atoms with Crippen molar-refractivity contribution in [2.45, 2.75) is 25.7 Å². The molecular formula is C20H26N2O3. The highest BCUT2D eigenvalue weighted by Gasteiger charge is 2.44. The van der Waals surface area contributed by atoms with E-state index in [-0.39, 0.29) is 11.8 Å². The van der Waals surface area contributed by atoms with Crippen LogP contribution in [0.3, 0.4) is 0 Å². The van der Waals surface area contributed by atoms with Crippen molar-refractivity contribution in [2.24, 2.45) is 17.8 Å². The highest BCUT2D eigenvalue weighted by atomic mass is 16.5. The van der Waals surface area contributed by atoms with Crippen LogP contribution in [0.2, 0.25) is 0 Å². The van der Waals surface area contributed by atoms with Gasteiger partial charge < -0.3 is 14.5 Å². The molecule has 0 spiro atoms. The second-order valence-electron chi connectivity index (χ2n) is 7.63. The molecule has 2 aliphatic carbocycles. The Labute approximate surface area is 148 Å². The summed E-state index contributed by atoms with van der Waals surface area (Å²) in [7, 11) is 1.60. The third-order valence-electron chi connectivity index (χ3n) is 6.25. The molecule has 25 heavy (non-hydrogen) atoms. The molecule has 2 amide bonds. The average molecular weight is 342 g/mol. The number of piperazine rings is 1. The van der Waals surface area contributed by atoms with Gasteiger partial charge in [-0.1, -0.05) is 12.5 Å². The SMILES string of the molecule is COc1cccc(C(=O)N2CCN(C(=O)C3CC4CCC3C4)CC2)c1. The van der Waals surface area contributed by atoms with E-state index in [4.69, 9.17) is 4.74 Å². The molecular weight excluding hydrogens is 316 g/mol. The van der Waals surface area contributed by atoms with E-state index in [2.05, 4.69) is 0 Å². The minimum absolute atomic E-state index is 0.0194. The first-order chi connectivity index (χ1) is 12.2. The van der Waals surface area contributed by atoms with Gasteiger partial charge in [0.25, 0.3) is 5.91 Å². The van der Waals surface area contributed by atoms with Gasteiger partial charge in [-0.25, -0.2) is 0 Å². The molecule has 3 aliphatic rings. The van der Waals surface area contributed by atoms with E-state index in [1.54, 1.807) is 13.2 Å². The van der Waals surface area contributed by atoms with Crippen LogP contribution < -0.4 is 4.74 Å². The fourth-order valence-corrected chi connectivity index (χ4v) is 4.85. The van der Waals surface area contributed by atoms with E-state index in [0.29, 0.717) is 49.3 Å². The summed E-state index contributed by atoms with van der Waals surface area (Å²) in [6, 6.07) is 7.26. The number of ether oxygens (including phenoxy) is 1. The molecule has 0 aromatic heterocycles. The Morgan fingerprint density at radius 2 is 1.80 bits per heavy atom. The molecule has 5 heteroatoms. The fraction of sp³-hybridized carbons (Fsp3) is 0.600. The van der Waals surface area contributed by atoms with Crippen LogP contribution in [0.4, 0.5) is 0 Å². The molecule has 5 nitrogen and oxygen atoms in total. The first-order valence-corrected chi connectivity index (χ1v) is 9.38. The van der Waals surface area contributed by atoms with Crippen molar-refractivity contribution in [2.75, 3.05) is 33.3 Å². The van der Waals surface area contributed by atoms with Crippen molar-refractivity contribution < 1.29 is 14.3 Å². The summed E-state index contributed by atoms with van der Waals surface area (Å²) in [6.45, 7) is 2.54. The van der Waals surface area contributed by atoms with Gasteiger partial charge in [0, 0.05) is 37.7 Å². The number of carbonyl (C=O) groups is 2. The van der Waals surface area contributed by atoms with Gasteiger partial charge in [-0.2, -0.15) is 0 Å². The molecule has 4 rings (SSSR count). The summed E-state index contributed by atoms with van der Waals surface area (Å²) < 4.78 is 5.20. The predicted octanol–water partition coefficient (Wildman–Crippen LogP) is 2.42. The fourth-order valence-electron chi connectivity index (χ4n) is 4.85. The Bertz CT molecular complexity index is 667. The maximum Gasteiger partial charge on any atom is 0.254 e. The summed E-state index contributed by atoms with van der Waals surface area (Å²) in [5.74, 6) is 2.70. The summed E-state index contributed by atoms with van der Waals surface area (Å²) in [6.07, 6.45) is 4.89. The number of carbonyl (C=O) groups excluding carboxylic acids is 2. The van der Waals surface area contributed by atoms with Gasteiger partial charge in [0.15, 0.2) is 0 Å². The van der Waals surface area contributed by atoms with Crippen LogP contribution in [0.25, 0.3) is 0 Å². The molecule has 2 saturated carbocycles. The summed E-state index contributed by atoms with van der Waals surface area (Å²) in [5.41, 5.74) is 0.646. The molecule has 1 aromatic rings. The van der Waals surface area contributed by atoms with Crippen LogP contribution in [0, 0.1) is 17.8 Å². The van der Waals surface area contributed by atoms with Crippen molar-refractivity contribution in [3.05, 3.63) is 29.8 Å². The molecule has 1 aliphatic heterocycles. The van der Waals surface area contributed by atoms with Gasteiger partial charge in [-0.15, -0.1) is 0 Å². The normalized spacial score (nSPS) is 28.3. The Morgan fingerprint density at radius 1 is 1.04 bits per heavy atom. The van der Waals surface area contributed by atoms with Crippen LogP contribution in [0.5, 0.6) is 5.75 Å². The molecule has 0 N–H and O–H groups in total. The van der Waals surface area contributed by atoms with Gasteiger partial charge in [0.2, 0.25) is 5.91 Å². The number of rotatable bonds is 3. The number of methoxy groups -OCH3 is 1. The lowest BCUT2D eigenvalue weighted by Crippen LogP contribution is -2.52. The molecule has 1 heterocycles. The van der Waals surface area contributed by atoms with Crippen LogP contribution in [0.1, 0.15) is 36.0 Å². The zero-order valence-corrected chi connectivity index (χ0v) is 14.8. The zero-order chi connectivity index (χ0) is 17.4. The summed E-state index contributed by atoms with van der Waals surface area (Å²) in [4.78, 5) is 29.3. The number of hydrogen-bond donors (Lipinski definition) is 0. The monoisotopic (exact) mass is 342 g/mol. The number of amides is 2. The van der Waals surface area contributed by atoms with Gasteiger partial charge in [-0.3, -0.25) is 9.59 Å². The molecule has 1 aromatic carbocycles. The quantitative estimate of drug-likeness (QED) is 0.848. The minimum atomic E-state index is 0.0194. The minimum Gasteiger partial charge on any atom is -0.497 e. The molecule has 1 saturated heterocycles. The van der Waals surface area contributed by atoms with Gasteiger partial charge in [0.1, 0.15) is 5.75 Å².